The SMILES string of the molecule is CC(C)n1cc(-c2nc3c4cccc(C(F)(F)F)c4nc(N[C@@H]4CCCCNC4=O)n3n2)cn1. The lowest BCUT2D eigenvalue weighted by molar-refractivity contribution is -0.136. The van der Waals surface area contributed by atoms with Crippen molar-refractivity contribution >= 4 is 28.4 Å². The number of alkyl halides is 3. The van der Waals surface area contributed by atoms with Crippen molar-refractivity contribution in [2.75, 3.05) is 11.9 Å². The van der Waals surface area contributed by atoms with Crippen LogP contribution in [0.3, 0.4) is 0 Å². The van der Waals surface area contributed by atoms with Crippen molar-refractivity contribution in [3.05, 3.63) is 36.2 Å². The maximum atomic E-state index is 13.8. The summed E-state index contributed by atoms with van der Waals surface area (Å²) in [6.07, 6.45) is 0.924. The summed E-state index contributed by atoms with van der Waals surface area (Å²) in [6, 6.07) is 3.31. The molecule has 1 amide bonds. The summed E-state index contributed by atoms with van der Waals surface area (Å²) in [6.45, 7) is 4.51. The maximum Gasteiger partial charge on any atom is 0.418 e. The molecule has 0 unspecified atom stereocenters. The Morgan fingerprint density at radius 3 is 2.76 bits per heavy atom. The van der Waals surface area contributed by atoms with Crippen LogP contribution in [0.4, 0.5) is 19.1 Å². The number of carbonyl (C=O) groups is 1. The molecule has 0 bridgehead atoms. The molecule has 0 radical (unpaired) electrons. The first-order valence-corrected chi connectivity index (χ1v) is 11.1. The summed E-state index contributed by atoms with van der Waals surface area (Å²) in [4.78, 5) is 21.3. The summed E-state index contributed by atoms with van der Waals surface area (Å²) < 4.78 is 44.5. The van der Waals surface area contributed by atoms with Gasteiger partial charge in [-0.15, -0.1) is 5.10 Å². The average molecular weight is 472 g/mol. The van der Waals surface area contributed by atoms with E-state index in [0.717, 1.165) is 18.9 Å². The Balaban J connectivity index is 1.71. The summed E-state index contributed by atoms with van der Waals surface area (Å²) in [5.41, 5.74) is -0.301. The van der Waals surface area contributed by atoms with Gasteiger partial charge in [0.05, 0.1) is 22.8 Å². The monoisotopic (exact) mass is 472 g/mol. The molecule has 12 heteroatoms. The van der Waals surface area contributed by atoms with Crippen molar-refractivity contribution < 1.29 is 18.0 Å². The molecule has 4 aromatic rings. The second-order valence-corrected chi connectivity index (χ2v) is 8.59. The molecule has 0 spiro atoms. The fourth-order valence-corrected chi connectivity index (χ4v) is 4.05. The summed E-state index contributed by atoms with van der Waals surface area (Å²) in [7, 11) is 0. The molecule has 1 saturated heterocycles. The molecule has 1 aliphatic heterocycles. The van der Waals surface area contributed by atoms with Crippen molar-refractivity contribution in [2.24, 2.45) is 0 Å². The number of amides is 1. The molecule has 2 N–H and O–H groups in total. The molecule has 0 saturated carbocycles. The Hall–Kier alpha value is -3.70. The minimum Gasteiger partial charge on any atom is -0.354 e. The number of carbonyl (C=O) groups excluding carboxylic acids is 1. The van der Waals surface area contributed by atoms with E-state index in [1.807, 2.05) is 13.8 Å². The van der Waals surface area contributed by atoms with Crippen LogP contribution >= 0.6 is 0 Å². The maximum absolute atomic E-state index is 13.8. The summed E-state index contributed by atoms with van der Waals surface area (Å²) >= 11 is 0. The lowest BCUT2D eigenvalue weighted by Crippen LogP contribution is -2.38. The molecule has 34 heavy (non-hydrogen) atoms. The number of para-hydroxylation sites is 1. The van der Waals surface area contributed by atoms with E-state index in [9.17, 15) is 18.0 Å². The fraction of sp³-hybridized carbons (Fsp3) is 0.409. The summed E-state index contributed by atoms with van der Waals surface area (Å²) in [5.74, 6) is 0.0958. The van der Waals surface area contributed by atoms with Gasteiger partial charge in [-0.3, -0.25) is 9.48 Å². The van der Waals surface area contributed by atoms with E-state index in [1.165, 1.54) is 16.6 Å². The van der Waals surface area contributed by atoms with E-state index in [0.29, 0.717) is 24.4 Å². The zero-order valence-electron chi connectivity index (χ0n) is 18.6. The largest absolute Gasteiger partial charge is 0.418 e. The molecule has 1 atom stereocenters. The van der Waals surface area contributed by atoms with Gasteiger partial charge in [0.15, 0.2) is 11.5 Å². The van der Waals surface area contributed by atoms with Gasteiger partial charge >= 0.3 is 6.18 Å². The number of hydrogen-bond acceptors (Lipinski definition) is 6. The first-order chi connectivity index (χ1) is 16.2. The first-order valence-electron chi connectivity index (χ1n) is 11.1. The minimum atomic E-state index is -4.61. The molecule has 1 aromatic carbocycles. The number of fused-ring (bicyclic) bond motifs is 3. The van der Waals surface area contributed by atoms with E-state index in [2.05, 4.69) is 30.8 Å². The smallest absolute Gasteiger partial charge is 0.354 e. The van der Waals surface area contributed by atoms with Gasteiger partial charge in [-0.1, -0.05) is 6.07 Å². The number of halogens is 3. The van der Waals surface area contributed by atoms with Crippen molar-refractivity contribution in [3.8, 4) is 11.4 Å². The summed E-state index contributed by atoms with van der Waals surface area (Å²) in [5, 5.41) is 14.9. The van der Waals surface area contributed by atoms with E-state index in [1.54, 1.807) is 17.1 Å². The molecule has 1 aliphatic rings. The van der Waals surface area contributed by atoms with Crippen LogP contribution in [0.1, 0.15) is 44.7 Å². The number of anilines is 1. The lowest BCUT2D eigenvalue weighted by atomic mass is 10.1. The fourth-order valence-electron chi connectivity index (χ4n) is 4.05. The topological polar surface area (TPSA) is 102 Å². The van der Waals surface area contributed by atoms with Gasteiger partial charge in [0.1, 0.15) is 6.04 Å². The lowest BCUT2D eigenvalue weighted by Gasteiger charge is -2.17. The van der Waals surface area contributed by atoms with E-state index in [4.69, 9.17) is 0 Å². The molecule has 5 rings (SSSR count). The van der Waals surface area contributed by atoms with Crippen LogP contribution in [0.25, 0.3) is 27.9 Å². The van der Waals surface area contributed by atoms with Crippen molar-refractivity contribution in [1.29, 1.82) is 0 Å². The van der Waals surface area contributed by atoms with Gasteiger partial charge in [-0.2, -0.15) is 22.8 Å². The highest BCUT2D eigenvalue weighted by Gasteiger charge is 2.34. The van der Waals surface area contributed by atoms with Crippen LogP contribution in [0.5, 0.6) is 0 Å². The van der Waals surface area contributed by atoms with Gasteiger partial charge in [0.25, 0.3) is 0 Å². The predicted molar refractivity (Wildman–Crippen MR) is 119 cm³/mol. The van der Waals surface area contributed by atoms with Crippen LogP contribution in [-0.2, 0) is 11.0 Å². The molecule has 3 aromatic heterocycles. The molecule has 4 heterocycles. The Morgan fingerprint density at radius 1 is 1.21 bits per heavy atom. The van der Waals surface area contributed by atoms with Gasteiger partial charge in [-0.05, 0) is 45.2 Å². The normalized spacial score (nSPS) is 17.4. The molecule has 178 valence electrons. The molecule has 9 nitrogen and oxygen atoms in total. The first kappa shape index (κ1) is 22.1. The Labute approximate surface area is 192 Å². The Morgan fingerprint density at radius 2 is 2.03 bits per heavy atom. The predicted octanol–water partition coefficient (Wildman–Crippen LogP) is 3.82. The standard InChI is InChI=1S/C22H23F3N8O/c1-12(2)32-11-13(10-27-32)18-30-19-14-6-5-7-15(22(23,24)25)17(14)29-21(33(19)31-18)28-16-8-3-4-9-26-20(16)34/h5-7,10-12,16H,3-4,8-9H2,1-2H3,(H,26,34)(H,28,29)/t16-/m1/s1. The Bertz CT molecular complexity index is 1370. The number of nitrogens with zero attached hydrogens (tertiary/aromatic N) is 6. The van der Waals surface area contributed by atoms with Crippen LogP contribution in [0.15, 0.2) is 30.6 Å². The van der Waals surface area contributed by atoms with Crippen molar-refractivity contribution in [1.82, 2.24) is 34.7 Å². The number of nitrogens with one attached hydrogen (secondary N) is 2. The minimum absolute atomic E-state index is 0.0243. The van der Waals surface area contributed by atoms with Crippen LogP contribution in [-0.4, -0.2) is 47.9 Å². The molecule has 0 aliphatic carbocycles. The van der Waals surface area contributed by atoms with Gasteiger partial charge in [-0.25, -0.2) is 9.97 Å². The number of aromatic nitrogens is 6. The second-order valence-electron chi connectivity index (χ2n) is 8.59. The van der Waals surface area contributed by atoms with E-state index in [-0.39, 0.29) is 34.4 Å². The highest BCUT2D eigenvalue weighted by atomic mass is 19.4. The average Bonchev–Trinajstić information content (AvgIpc) is 3.40. The second kappa shape index (κ2) is 8.26. The number of rotatable bonds is 4. The van der Waals surface area contributed by atoms with Gasteiger partial charge < -0.3 is 10.6 Å². The number of hydrogen-bond donors (Lipinski definition) is 2. The molecule has 1 fully saturated rings. The third kappa shape index (κ3) is 3.93. The van der Waals surface area contributed by atoms with Gasteiger partial charge in [0, 0.05) is 24.2 Å². The third-order valence-electron chi connectivity index (χ3n) is 5.84. The third-order valence-corrected chi connectivity index (χ3v) is 5.84. The van der Waals surface area contributed by atoms with Crippen LogP contribution in [0.2, 0.25) is 0 Å². The number of benzene rings is 1. The van der Waals surface area contributed by atoms with Crippen molar-refractivity contribution in [2.45, 2.75) is 51.4 Å². The van der Waals surface area contributed by atoms with E-state index < -0.39 is 17.8 Å². The van der Waals surface area contributed by atoms with E-state index >= 15 is 0 Å². The highest BCUT2D eigenvalue weighted by molar-refractivity contribution is 5.95. The quantitative estimate of drug-likeness (QED) is 0.468. The highest BCUT2D eigenvalue weighted by Crippen LogP contribution is 2.36. The van der Waals surface area contributed by atoms with Crippen LogP contribution in [0, 0.1) is 0 Å². The Kier molecular flexibility index (Phi) is 5.37. The van der Waals surface area contributed by atoms with Gasteiger partial charge in [0.2, 0.25) is 11.9 Å². The van der Waals surface area contributed by atoms with Crippen molar-refractivity contribution in [3.63, 3.8) is 0 Å². The molecular formula is C22H23F3N8O. The zero-order chi connectivity index (χ0) is 24.0. The molecular weight excluding hydrogens is 449 g/mol. The van der Waals surface area contributed by atoms with Crippen LogP contribution < -0.4 is 10.6 Å². The zero-order valence-corrected chi connectivity index (χ0v) is 18.6.